The molecule has 5 nitrogen and oxygen atoms in total. The van der Waals surface area contributed by atoms with Gasteiger partial charge in [0.1, 0.15) is 5.75 Å². The van der Waals surface area contributed by atoms with Crippen LogP contribution in [0.15, 0.2) is 40.2 Å². The van der Waals surface area contributed by atoms with Gasteiger partial charge >= 0.3 is 0 Å². The van der Waals surface area contributed by atoms with Gasteiger partial charge in [-0.1, -0.05) is 12.1 Å². The molecule has 0 spiro atoms. The van der Waals surface area contributed by atoms with Crippen molar-refractivity contribution in [1.29, 1.82) is 0 Å². The maximum absolute atomic E-state index is 12.6. The summed E-state index contributed by atoms with van der Waals surface area (Å²) in [4.78, 5) is 28.7. The third-order valence-corrected chi connectivity index (χ3v) is 5.38. The molecule has 0 aliphatic heterocycles. The fourth-order valence-electron chi connectivity index (χ4n) is 2.32. The number of methoxy groups -OCH3 is 1. The van der Waals surface area contributed by atoms with Crippen LogP contribution in [0, 0.1) is 0 Å². The molecule has 7 heteroatoms. The Morgan fingerprint density at radius 2 is 1.84 bits per heavy atom. The Balaban J connectivity index is 1.97. The van der Waals surface area contributed by atoms with Crippen LogP contribution in [0.5, 0.6) is 5.75 Å². The number of likely N-dealkylation sites (N-methyl/N-ethyl adjacent to an activating group) is 2. The fourth-order valence-corrected chi connectivity index (χ4v) is 3.70. The number of amides is 2. The molecular weight excluding hydrogens is 404 g/mol. The van der Waals surface area contributed by atoms with Crippen LogP contribution in [0.2, 0.25) is 0 Å². The highest BCUT2D eigenvalue weighted by molar-refractivity contribution is 9.11. The van der Waals surface area contributed by atoms with Gasteiger partial charge in [0, 0.05) is 20.1 Å². The number of thiophene rings is 1. The van der Waals surface area contributed by atoms with E-state index in [1.807, 2.05) is 37.3 Å². The molecule has 1 aromatic carbocycles. The zero-order valence-electron chi connectivity index (χ0n) is 14.5. The molecule has 0 saturated heterocycles. The van der Waals surface area contributed by atoms with E-state index in [0.29, 0.717) is 18.0 Å². The van der Waals surface area contributed by atoms with Crippen LogP contribution in [-0.2, 0) is 11.3 Å². The summed E-state index contributed by atoms with van der Waals surface area (Å²) in [5.74, 6) is 0.555. The Hall–Kier alpha value is -1.86. The fraction of sp³-hybridized carbons (Fsp3) is 0.333. The zero-order chi connectivity index (χ0) is 18.4. The molecule has 2 rings (SSSR count). The average molecular weight is 425 g/mol. The Kier molecular flexibility index (Phi) is 7.01. The summed E-state index contributed by atoms with van der Waals surface area (Å²) in [6, 6.07) is 11.2. The van der Waals surface area contributed by atoms with Crippen LogP contribution in [0.1, 0.15) is 22.2 Å². The lowest BCUT2D eigenvalue weighted by Gasteiger charge is -2.24. The Morgan fingerprint density at radius 1 is 1.16 bits per heavy atom. The van der Waals surface area contributed by atoms with Crippen LogP contribution < -0.4 is 4.74 Å². The number of carbonyl (C=O) groups excluding carboxylic acids is 2. The second kappa shape index (κ2) is 9.01. The van der Waals surface area contributed by atoms with Gasteiger partial charge in [-0.2, -0.15) is 0 Å². The monoisotopic (exact) mass is 424 g/mol. The van der Waals surface area contributed by atoms with Gasteiger partial charge < -0.3 is 14.5 Å². The molecular formula is C18H21BrN2O3S. The van der Waals surface area contributed by atoms with Gasteiger partial charge in [0.05, 0.1) is 22.3 Å². The van der Waals surface area contributed by atoms with Gasteiger partial charge in [0.25, 0.3) is 5.91 Å². The molecule has 0 N–H and O–H groups in total. The number of rotatable bonds is 7. The van der Waals surface area contributed by atoms with Crippen molar-refractivity contribution < 1.29 is 14.3 Å². The molecule has 0 atom stereocenters. The number of ether oxygens (including phenoxy) is 1. The molecule has 0 saturated carbocycles. The minimum Gasteiger partial charge on any atom is -0.497 e. The lowest BCUT2D eigenvalue weighted by molar-refractivity contribution is -0.132. The number of halogens is 1. The number of hydrogen-bond donors (Lipinski definition) is 0. The maximum Gasteiger partial charge on any atom is 0.264 e. The van der Waals surface area contributed by atoms with E-state index in [0.717, 1.165) is 15.1 Å². The predicted molar refractivity (Wildman–Crippen MR) is 103 cm³/mol. The van der Waals surface area contributed by atoms with Crippen LogP contribution in [-0.4, -0.2) is 48.9 Å². The number of hydrogen-bond acceptors (Lipinski definition) is 4. The minimum atomic E-state index is -0.149. The van der Waals surface area contributed by atoms with E-state index in [9.17, 15) is 9.59 Å². The van der Waals surface area contributed by atoms with E-state index in [2.05, 4.69) is 15.9 Å². The van der Waals surface area contributed by atoms with E-state index in [1.165, 1.54) is 16.2 Å². The first-order valence-corrected chi connectivity index (χ1v) is 9.47. The quantitative estimate of drug-likeness (QED) is 0.681. The molecule has 2 amide bonds. The van der Waals surface area contributed by atoms with Crippen LogP contribution in [0.3, 0.4) is 0 Å². The number of benzene rings is 1. The second-order valence-corrected chi connectivity index (χ2v) is 7.98. The van der Waals surface area contributed by atoms with Crippen LogP contribution in [0.25, 0.3) is 0 Å². The molecule has 0 aliphatic rings. The largest absolute Gasteiger partial charge is 0.497 e. The van der Waals surface area contributed by atoms with Crippen molar-refractivity contribution in [3.63, 3.8) is 0 Å². The van der Waals surface area contributed by atoms with E-state index in [1.54, 1.807) is 25.1 Å². The predicted octanol–water partition coefficient (Wildman–Crippen LogP) is 3.64. The summed E-state index contributed by atoms with van der Waals surface area (Å²) in [5, 5.41) is 0. The SMILES string of the molecule is CCN(Cc1ccc(OC)cc1)C(=O)CN(C)C(=O)c1ccc(Br)s1. The molecule has 1 heterocycles. The summed E-state index contributed by atoms with van der Waals surface area (Å²) < 4.78 is 6.04. The first-order chi connectivity index (χ1) is 11.9. The van der Waals surface area contributed by atoms with Crippen molar-refractivity contribution in [2.75, 3.05) is 27.2 Å². The topological polar surface area (TPSA) is 49.9 Å². The molecule has 1 aromatic heterocycles. The average Bonchev–Trinajstić information content (AvgIpc) is 3.05. The van der Waals surface area contributed by atoms with Crippen molar-refractivity contribution in [3.05, 3.63) is 50.6 Å². The summed E-state index contributed by atoms with van der Waals surface area (Å²) in [7, 11) is 3.27. The van der Waals surface area contributed by atoms with Crippen molar-refractivity contribution >= 4 is 39.1 Å². The van der Waals surface area contributed by atoms with Crippen molar-refractivity contribution in [2.24, 2.45) is 0 Å². The Bertz CT molecular complexity index is 730. The molecule has 0 unspecified atom stereocenters. The Labute approximate surface area is 160 Å². The van der Waals surface area contributed by atoms with E-state index in [-0.39, 0.29) is 18.4 Å². The van der Waals surface area contributed by atoms with Gasteiger partial charge in [0.2, 0.25) is 5.91 Å². The molecule has 134 valence electrons. The maximum atomic E-state index is 12.6. The number of nitrogens with zero attached hydrogens (tertiary/aromatic N) is 2. The highest BCUT2D eigenvalue weighted by atomic mass is 79.9. The molecule has 2 aromatic rings. The highest BCUT2D eigenvalue weighted by Gasteiger charge is 2.20. The van der Waals surface area contributed by atoms with Crippen molar-refractivity contribution in [1.82, 2.24) is 9.80 Å². The molecule has 0 radical (unpaired) electrons. The van der Waals surface area contributed by atoms with Gasteiger partial charge in [-0.15, -0.1) is 11.3 Å². The third-order valence-electron chi connectivity index (χ3n) is 3.77. The summed E-state index contributed by atoms with van der Waals surface area (Å²) in [5.41, 5.74) is 1.02. The lowest BCUT2D eigenvalue weighted by Crippen LogP contribution is -2.40. The number of carbonyl (C=O) groups is 2. The van der Waals surface area contributed by atoms with Gasteiger partial charge in [0.15, 0.2) is 0 Å². The standard InChI is InChI=1S/C18H21BrN2O3S/c1-4-21(11-13-5-7-14(24-3)8-6-13)17(22)12-20(2)18(23)15-9-10-16(19)25-15/h5-10H,4,11-12H2,1-3H3. The second-order valence-electron chi connectivity index (χ2n) is 5.52. The molecule has 0 bridgehead atoms. The lowest BCUT2D eigenvalue weighted by atomic mass is 10.2. The summed E-state index contributed by atoms with van der Waals surface area (Å²) in [6.45, 7) is 3.07. The van der Waals surface area contributed by atoms with Crippen molar-refractivity contribution in [2.45, 2.75) is 13.5 Å². The van der Waals surface area contributed by atoms with E-state index >= 15 is 0 Å². The van der Waals surface area contributed by atoms with E-state index < -0.39 is 0 Å². The third kappa shape index (κ3) is 5.31. The van der Waals surface area contributed by atoms with Crippen LogP contribution in [0.4, 0.5) is 0 Å². The summed E-state index contributed by atoms with van der Waals surface area (Å²) >= 11 is 4.71. The molecule has 0 aliphatic carbocycles. The highest BCUT2D eigenvalue weighted by Crippen LogP contribution is 2.23. The van der Waals surface area contributed by atoms with Gasteiger partial charge in [-0.3, -0.25) is 9.59 Å². The normalized spacial score (nSPS) is 10.4. The zero-order valence-corrected chi connectivity index (χ0v) is 16.9. The van der Waals surface area contributed by atoms with Crippen LogP contribution >= 0.6 is 27.3 Å². The smallest absolute Gasteiger partial charge is 0.264 e. The first-order valence-electron chi connectivity index (χ1n) is 7.86. The van der Waals surface area contributed by atoms with Gasteiger partial charge in [-0.05, 0) is 52.7 Å². The Morgan fingerprint density at radius 3 is 2.36 bits per heavy atom. The molecule has 0 fully saturated rings. The first kappa shape index (κ1) is 19.5. The van der Waals surface area contributed by atoms with E-state index in [4.69, 9.17) is 4.74 Å². The summed E-state index contributed by atoms with van der Waals surface area (Å²) in [6.07, 6.45) is 0. The molecule has 25 heavy (non-hydrogen) atoms. The van der Waals surface area contributed by atoms with Crippen molar-refractivity contribution in [3.8, 4) is 5.75 Å². The minimum absolute atomic E-state index is 0.0539. The van der Waals surface area contributed by atoms with Gasteiger partial charge in [-0.25, -0.2) is 0 Å².